The number of nitrogens with one attached hydrogen (secondary N) is 1. The Morgan fingerprint density at radius 3 is 2.86 bits per heavy atom. The molecule has 1 saturated heterocycles. The highest BCUT2D eigenvalue weighted by Crippen LogP contribution is 2.35. The molecule has 0 bridgehead atoms. The van der Waals surface area contributed by atoms with E-state index in [9.17, 15) is 4.79 Å². The monoisotopic (exact) mass is 414 g/mol. The molecule has 0 radical (unpaired) electrons. The quantitative estimate of drug-likeness (QED) is 0.619. The molecule has 1 N–H and O–H groups in total. The van der Waals surface area contributed by atoms with Crippen LogP contribution in [0.3, 0.4) is 0 Å². The molecule has 146 valence electrons. The first-order chi connectivity index (χ1) is 13.6. The van der Waals surface area contributed by atoms with E-state index in [-0.39, 0.29) is 17.8 Å². The van der Waals surface area contributed by atoms with Crippen molar-refractivity contribution < 1.29 is 9.53 Å². The third kappa shape index (κ3) is 4.34. The molecule has 1 unspecified atom stereocenters. The second-order valence-corrected chi connectivity index (χ2v) is 9.03. The molecule has 3 aromatic rings. The summed E-state index contributed by atoms with van der Waals surface area (Å²) in [5, 5.41) is 13.4. The molecule has 0 aliphatic carbocycles. The van der Waals surface area contributed by atoms with Gasteiger partial charge in [0.25, 0.3) is 0 Å². The van der Waals surface area contributed by atoms with E-state index in [1.165, 1.54) is 17.3 Å². The minimum atomic E-state index is -0.0231. The molecule has 1 atom stereocenters. The predicted octanol–water partition coefficient (Wildman–Crippen LogP) is 3.76. The van der Waals surface area contributed by atoms with Crippen molar-refractivity contribution >= 4 is 39.2 Å². The normalized spacial score (nSPS) is 16.6. The maximum absolute atomic E-state index is 12.2. The average molecular weight is 415 g/mol. The SMILES string of the molecule is Cc1ccc(-c2nnc(SCC(=O)NCC3CCCO3)c3nc(C)sc23)cc1. The van der Waals surface area contributed by atoms with Gasteiger partial charge in [0.2, 0.25) is 5.91 Å². The smallest absolute Gasteiger partial charge is 0.230 e. The number of aromatic nitrogens is 3. The highest BCUT2D eigenvalue weighted by Gasteiger charge is 2.18. The van der Waals surface area contributed by atoms with Crippen LogP contribution in [0.5, 0.6) is 0 Å². The highest BCUT2D eigenvalue weighted by atomic mass is 32.2. The van der Waals surface area contributed by atoms with Crippen LogP contribution in [0, 0.1) is 13.8 Å². The minimum absolute atomic E-state index is 0.0231. The van der Waals surface area contributed by atoms with Crippen LogP contribution in [0.4, 0.5) is 0 Å². The summed E-state index contributed by atoms with van der Waals surface area (Å²) in [5.41, 5.74) is 3.89. The number of thiazole rings is 1. The van der Waals surface area contributed by atoms with Gasteiger partial charge in [0.15, 0.2) is 0 Å². The minimum Gasteiger partial charge on any atom is -0.376 e. The lowest BCUT2D eigenvalue weighted by molar-refractivity contribution is -0.119. The van der Waals surface area contributed by atoms with Crippen LogP contribution in [0.25, 0.3) is 21.5 Å². The molecule has 1 aliphatic heterocycles. The number of hydrogen-bond donors (Lipinski definition) is 1. The van der Waals surface area contributed by atoms with Crippen molar-refractivity contribution in [3.63, 3.8) is 0 Å². The first-order valence-electron chi connectivity index (χ1n) is 9.32. The molecule has 1 fully saturated rings. The summed E-state index contributed by atoms with van der Waals surface area (Å²) < 4.78 is 6.55. The van der Waals surface area contributed by atoms with Gasteiger partial charge in [-0.1, -0.05) is 41.6 Å². The molecule has 1 amide bonds. The summed E-state index contributed by atoms with van der Waals surface area (Å²) in [7, 11) is 0. The summed E-state index contributed by atoms with van der Waals surface area (Å²) in [6.45, 7) is 5.40. The zero-order valence-corrected chi connectivity index (χ0v) is 17.5. The van der Waals surface area contributed by atoms with Gasteiger partial charge in [-0.3, -0.25) is 4.79 Å². The lowest BCUT2D eigenvalue weighted by Gasteiger charge is -2.10. The average Bonchev–Trinajstić information content (AvgIpc) is 3.34. The van der Waals surface area contributed by atoms with Gasteiger partial charge in [0.05, 0.1) is 21.6 Å². The number of hydrogen-bond acceptors (Lipinski definition) is 7. The molecule has 1 aromatic carbocycles. The highest BCUT2D eigenvalue weighted by molar-refractivity contribution is 8.00. The van der Waals surface area contributed by atoms with Gasteiger partial charge in [-0.05, 0) is 26.7 Å². The zero-order valence-electron chi connectivity index (χ0n) is 15.9. The number of rotatable bonds is 6. The Hall–Kier alpha value is -2.03. The first kappa shape index (κ1) is 19.3. The Labute approximate surface area is 172 Å². The van der Waals surface area contributed by atoms with Gasteiger partial charge < -0.3 is 10.1 Å². The number of aryl methyl sites for hydroxylation is 2. The predicted molar refractivity (Wildman–Crippen MR) is 113 cm³/mol. The van der Waals surface area contributed by atoms with Crippen molar-refractivity contribution in [2.24, 2.45) is 0 Å². The topological polar surface area (TPSA) is 77.0 Å². The van der Waals surface area contributed by atoms with Gasteiger partial charge >= 0.3 is 0 Å². The van der Waals surface area contributed by atoms with Crippen LogP contribution in [0.2, 0.25) is 0 Å². The molecule has 0 saturated carbocycles. The summed E-state index contributed by atoms with van der Waals surface area (Å²) in [6.07, 6.45) is 2.23. The number of amides is 1. The van der Waals surface area contributed by atoms with Gasteiger partial charge in [-0.25, -0.2) is 4.98 Å². The molecule has 3 heterocycles. The molecular weight excluding hydrogens is 392 g/mol. The first-order valence-corrected chi connectivity index (χ1v) is 11.1. The van der Waals surface area contributed by atoms with E-state index < -0.39 is 0 Å². The van der Waals surface area contributed by atoms with Crippen LogP contribution >= 0.6 is 23.1 Å². The van der Waals surface area contributed by atoms with E-state index in [1.807, 2.05) is 6.92 Å². The van der Waals surface area contributed by atoms with Crippen molar-refractivity contribution in [3.05, 3.63) is 34.8 Å². The van der Waals surface area contributed by atoms with E-state index in [1.54, 1.807) is 11.3 Å². The van der Waals surface area contributed by atoms with Gasteiger partial charge in [0, 0.05) is 18.7 Å². The van der Waals surface area contributed by atoms with Crippen molar-refractivity contribution in [2.45, 2.75) is 37.8 Å². The number of ether oxygens (including phenoxy) is 1. The van der Waals surface area contributed by atoms with E-state index in [4.69, 9.17) is 4.74 Å². The van der Waals surface area contributed by atoms with Crippen LogP contribution in [0.1, 0.15) is 23.4 Å². The van der Waals surface area contributed by atoms with Crippen LogP contribution in [-0.2, 0) is 9.53 Å². The Balaban J connectivity index is 1.49. The maximum Gasteiger partial charge on any atom is 0.230 e. The molecule has 1 aliphatic rings. The molecular formula is C20H22N4O2S2. The summed E-state index contributed by atoms with van der Waals surface area (Å²) in [5.74, 6) is 0.266. The second kappa shape index (κ2) is 8.55. The van der Waals surface area contributed by atoms with E-state index >= 15 is 0 Å². The fraction of sp³-hybridized carbons (Fsp3) is 0.400. The van der Waals surface area contributed by atoms with Crippen molar-refractivity contribution in [2.75, 3.05) is 18.9 Å². The Bertz CT molecular complexity index is 982. The number of thioether (sulfide) groups is 1. The Morgan fingerprint density at radius 1 is 1.29 bits per heavy atom. The molecule has 4 rings (SSSR count). The van der Waals surface area contributed by atoms with Crippen LogP contribution in [0.15, 0.2) is 29.3 Å². The molecule has 2 aromatic heterocycles. The lowest BCUT2D eigenvalue weighted by atomic mass is 10.1. The number of fused-ring (bicyclic) bond motifs is 1. The Kier molecular flexibility index (Phi) is 5.89. The van der Waals surface area contributed by atoms with Gasteiger partial charge in [-0.15, -0.1) is 21.5 Å². The maximum atomic E-state index is 12.2. The fourth-order valence-electron chi connectivity index (χ4n) is 3.14. The fourth-order valence-corrected chi connectivity index (χ4v) is 4.88. The molecule has 8 heteroatoms. The van der Waals surface area contributed by atoms with E-state index in [0.29, 0.717) is 11.6 Å². The summed E-state index contributed by atoms with van der Waals surface area (Å²) >= 11 is 2.99. The van der Waals surface area contributed by atoms with Gasteiger partial charge in [0.1, 0.15) is 16.2 Å². The largest absolute Gasteiger partial charge is 0.376 e. The Morgan fingerprint density at radius 2 is 2.11 bits per heavy atom. The molecule has 0 spiro atoms. The standard InChI is InChI=1S/C20H22N4O2S2/c1-12-5-7-14(8-6-12)17-19-18(22-13(2)28-19)20(24-23-17)27-11-16(25)21-10-15-4-3-9-26-15/h5-8,15H,3-4,9-11H2,1-2H3,(H,21,25). The third-order valence-electron chi connectivity index (χ3n) is 4.61. The van der Waals surface area contributed by atoms with Crippen molar-refractivity contribution in [1.29, 1.82) is 0 Å². The second-order valence-electron chi connectivity index (χ2n) is 6.86. The number of carbonyl (C=O) groups is 1. The van der Waals surface area contributed by atoms with E-state index in [2.05, 4.69) is 51.7 Å². The third-order valence-corrected chi connectivity index (χ3v) is 6.54. The zero-order chi connectivity index (χ0) is 19.5. The summed E-state index contributed by atoms with van der Waals surface area (Å²) in [4.78, 5) is 16.8. The van der Waals surface area contributed by atoms with Crippen LogP contribution in [-0.4, -0.2) is 46.1 Å². The number of nitrogens with zero attached hydrogens (tertiary/aromatic N) is 3. The molecule has 6 nitrogen and oxygen atoms in total. The van der Waals surface area contributed by atoms with Gasteiger partial charge in [-0.2, -0.15) is 0 Å². The molecule has 28 heavy (non-hydrogen) atoms. The number of carbonyl (C=O) groups excluding carboxylic acids is 1. The number of benzene rings is 1. The van der Waals surface area contributed by atoms with E-state index in [0.717, 1.165) is 45.9 Å². The van der Waals surface area contributed by atoms with Crippen molar-refractivity contribution in [1.82, 2.24) is 20.5 Å². The summed E-state index contributed by atoms with van der Waals surface area (Å²) in [6, 6.07) is 8.24. The van der Waals surface area contributed by atoms with Crippen molar-refractivity contribution in [3.8, 4) is 11.3 Å². The van der Waals surface area contributed by atoms with Crippen LogP contribution < -0.4 is 5.32 Å². The lowest BCUT2D eigenvalue weighted by Crippen LogP contribution is -2.32.